The van der Waals surface area contributed by atoms with E-state index >= 15 is 0 Å². The van der Waals surface area contributed by atoms with Crippen molar-refractivity contribution in [3.8, 4) is 11.3 Å². The third-order valence-corrected chi connectivity index (χ3v) is 6.09. The molecular weight excluding hydrogens is 360 g/mol. The van der Waals surface area contributed by atoms with Gasteiger partial charge in [0.1, 0.15) is 4.21 Å². The van der Waals surface area contributed by atoms with Crippen LogP contribution in [0.5, 0.6) is 0 Å². The lowest BCUT2D eigenvalue weighted by molar-refractivity contribution is 0.616. The fraction of sp³-hybridized carbons (Fsp3) is 0.133. The van der Waals surface area contributed by atoms with Crippen LogP contribution in [-0.2, 0) is 17.8 Å². The summed E-state index contributed by atoms with van der Waals surface area (Å²) in [4.78, 5) is 8.79. The third-order valence-electron chi connectivity index (χ3n) is 3.73. The number of hydrogen-bond donors (Lipinski definition) is 2. The number of aryl methyl sites for hydroxylation is 2. The summed E-state index contributed by atoms with van der Waals surface area (Å²) >= 11 is 1.18. The summed E-state index contributed by atoms with van der Waals surface area (Å²) in [6.45, 7) is 1.77. The van der Waals surface area contributed by atoms with Crippen LogP contribution in [0.25, 0.3) is 16.9 Å². The molecule has 0 unspecified atom stereocenters. The van der Waals surface area contributed by atoms with Crippen LogP contribution in [0.15, 0.2) is 41.3 Å². The zero-order valence-corrected chi connectivity index (χ0v) is 15.1. The van der Waals surface area contributed by atoms with Gasteiger partial charge in [-0.2, -0.15) is 5.10 Å². The van der Waals surface area contributed by atoms with E-state index in [-0.39, 0.29) is 0 Å². The molecule has 0 bridgehead atoms. The first-order chi connectivity index (χ1) is 12.0. The number of fused-ring (bicyclic) bond motifs is 1. The molecule has 0 aromatic carbocycles. The molecule has 0 spiro atoms. The molecule has 0 amide bonds. The Kier molecular flexibility index (Phi) is 3.77. The molecule has 0 fully saturated rings. The minimum atomic E-state index is -2.60. The predicted molar refractivity (Wildman–Crippen MR) is 96.1 cm³/mol. The van der Waals surface area contributed by atoms with Crippen molar-refractivity contribution in [2.75, 3.05) is 5.32 Å². The van der Waals surface area contributed by atoms with Gasteiger partial charge in [0.05, 0.1) is 23.1 Å². The first kappa shape index (κ1) is 15.8. The number of rotatable bonds is 4. The zero-order chi connectivity index (χ0) is 17.6. The van der Waals surface area contributed by atoms with E-state index < -0.39 is 10.7 Å². The summed E-state index contributed by atoms with van der Waals surface area (Å²) in [6, 6.07) is 1.79. The molecule has 10 heteroatoms. The second-order valence-corrected chi connectivity index (χ2v) is 7.81. The second-order valence-electron chi connectivity index (χ2n) is 5.50. The molecule has 0 radical (unpaired) electrons. The highest BCUT2D eigenvalue weighted by Crippen LogP contribution is 2.31. The molecule has 4 aromatic heterocycles. The summed E-state index contributed by atoms with van der Waals surface area (Å²) < 4.78 is 26.5. The van der Waals surface area contributed by atoms with Gasteiger partial charge in [-0.1, -0.05) is 0 Å². The number of aromatic nitrogens is 5. The maximum absolute atomic E-state index is 11.2. The average molecular weight is 374 g/mol. The Morgan fingerprint density at radius 1 is 1.24 bits per heavy atom. The first-order valence-corrected chi connectivity index (χ1v) is 9.35. The number of imidazole rings is 1. The van der Waals surface area contributed by atoms with Crippen LogP contribution in [-0.4, -0.2) is 32.6 Å². The highest BCUT2D eigenvalue weighted by molar-refractivity contribution is 7.75. The number of nitrogens with one attached hydrogen (secondary N) is 1. The van der Waals surface area contributed by atoms with Crippen LogP contribution in [0.1, 0.15) is 5.56 Å². The van der Waals surface area contributed by atoms with E-state index in [9.17, 15) is 8.42 Å². The summed E-state index contributed by atoms with van der Waals surface area (Å²) in [5.74, 6) is 0.562. The minimum Gasteiger partial charge on any atom is -0.329 e. The van der Waals surface area contributed by atoms with Crippen molar-refractivity contribution in [1.82, 2.24) is 24.1 Å². The molecule has 128 valence electrons. The molecule has 0 aliphatic carbocycles. The Morgan fingerprint density at radius 2 is 2.08 bits per heavy atom. The maximum atomic E-state index is 11.2. The van der Waals surface area contributed by atoms with Gasteiger partial charge < -0.3 is 5.32 Å². The quantitative estimate of drug-likeness (QED) is 0.532. The second kappa shape index (κ2) is 5.97. The monoisotopic (exact) mass is 374 g/mol. The van der Waals surface area contributed by atoms with E-state index in [1.165, 1.54) is 11.3 Å². The Morgan fingerprint density at radius 3 is 2.76 bits per heavy atom. The molecular formula is C15H14N6O2S2. The van der Waals surface area contributed by atoms with Crippen molar-refractivity contribution >= 4 is 38.5 Å². The number of thiol groups is 1. The lowest BCUT2D eigenvalue weighted by Gasteiger charge is -2.05. The fourth-order valence-corrected chi connectivity index (χ4v) is 4.36. The molecule has 0 aliphatic heterocycles. The van der Waals surface area contributed by atoms with Crippen molar-refractivity contribution in [3.05, 3.63) is 42.6 Å². The Hall–Kier alpha value is -2.72. The van der Waals surface area contributed by atoms with Crippen molar-refractivity contribution in [3.63, 3.8) is 0 Å². The van der Waals surface area contributed by atoms with Crippen LogP contribution < -0.4 is 5.32 Å². The maximum Gasteiger partial charge on any atom is 0.180 e. The van der Waals surface area contributed by atoms with Gasteiger partial charge in [-0.3, -0.25) is 9.08 Å². The molecule has 8 nitrogen and oxygen atoms in total. The lowest BCUT2D eigenvalue weighted by atomic mass is 10.3. The van der Waals surface area contributed by atoms with Gasteiger partial charge >= 0.3 is 0 Å². The molecule has 0 saturated carbocycles. The number of thiophene rings is 1. The van der Waals surface area contributed by atoms with E-state index in [1.807, 2.05) is 23.8 Å². The minimum absolute atomic E-state index is 0.351. The van der Waals surface area contributed by atoms with Crippen LogP contribution >= 0.6 is 11.3 Å². The van der Waals surface area contributed by atoms with E-state index in [1.54, 1.807) is 36.3 Å². The van der Waals surface area contributed by atoms with E-state index in [4.69, 9.17) is 0 Å². The molecule has 0 saturated heterocycles. The SMILES string of the molecule is Cc1cc(Nc2nccn3c(-c4cnn(C)c4)cnc23)sc1[SH](=O)=O. The Labute approximate surface area is 148 Å². The molecule has 4 aromatic rings. The third kappa shape index (κ3) is 2.79. The number of anilines is 2. The van der Waals surface area contributed by atoms with E-state index in [0.717, 1.165) is 16.8 Å². The van der Waals surface area contributed by atoms with Gasteiger partial charge in [0.2, 0.25) is 0 Å². The number of nitrogens with zero attached hydrogens (tertiary/aromatic N) is 5. The Bertz CT molecular complexity index is 1150. The predicted octanol–water partition coefficient (Wildman–Crippen LogP) is 2.21. The van der Waals surface area contributed by atoms with Gasteiger partial charge in [0.25, 0.3) is 0 Å². The molecule has 1 N–H and O–H groups in total. The lowest BCUT2D eigenvalue weighted by Crippen LogP contribution is -1.97. The summed E-state index contributed by atoms with van der Waals surface area (Å²) in [7, 11) is -0.741. The smallest absolute Gasteiger partial charge is 0.180 e. The summed E-state index contributed by atoms with van der Waals surface area (Å²) in [5.41, 5.74) is 3.22. The zero-order valence-electron chi connectivity index (χ0n) is 13.4. The topological polar surface area (TPSA) is 94.2 Å². The van der Waals surface area contributed by atoms with Crippen LogP contribution in [0, 0.1) is 6.92 Å². The molecule has 0 atom stereocenters. The molecule has 4 heterocycles. The Balaban J connectivity index is 1.76. The van der Waals surface area contributed by atoms with Crippen LogP contribution in [0.3, 0.4) is 0 Å². The summed E-state index contributed by atoms with van der Waals surface area (Å²) in [5, 5.41) is 8.06. The standard InChI is InChI=1S/C15H14N6O2S2/c1-9-5-12(24-15(9)25(22)23)19-13-14-17-7-11(21(14)4-3-16-13)10-6-18-20(2)8-10/h3-8,25H,1-2H3,(H,16,19). The van der Waals surface area contributed by atoms with Gasteiger partial charge in [-0.15, -0.1) is 11.3 Å². The van der Waals surface area contributed by atoms with E-state index in [0.29, 0.717) is 20.7 Å². The molecule has 25 heavy (non-hydrogen) atoms. The van der Waals surface area contributed by atoms with Crippen LogP contribution in [0.2, 0.25) is 0 Å². The van der Waals surface area contributed by atoms with Gasteiger partial charge in [0, 0.05) is 31.2 Å². The molecule has 4 rings (SSSR count). The average Bonchev–Trinajstić information content (AvgIpc) is 3.26. The highest BCUT2D eigenvalue weighted by Gasteiger charge is 2.13. The van der Waals surface area contributed by atoms with Crippen molar-refractivity contribution in [1.29, 1.82) is 0 Å². The normalized spacial score (nSPS) is 11.5. The van der Waals surface area contributed by atoms with Crippen LogP contribution in [0.4, 0.5) is 10.8 Å². The van der Waals surface area contributed by atoms with Crippen molar-refractivity contribution in [2.24, 2.45) is 7.05 Å². The summed E-state index contributed by atoms with van der Waals surface area (Å²) in [6.07, 6.45) is 8.95. The van der Waals surface area contributed by atoms with Crippen molar-refractivity contribution < 1.29 is 8.42 Å². The van der Waals surface area contributed by atoms with Gasteiger partial charge in [0.15, 0.2) is 22.2 Å². The number of hydrogen-bond acceptors (Lipinski definition) is 7. The van der Waals surface area contributed by atoms with Gasteiger partial charge in [-0.05, 0) is 18.6 Å². The largest absolute Gasteiger partial charge is 0.329 e. The highest BCUT2D eigenvalue weighted by atomic mass is 32.2. The first-order valence-electron chi connectivity index (χ1n) is 7.36. The fourth-order valence-electron chi connectivity index (χ4n) is 2.61. The van der Waals surface area contributed by atoms with Crippen molar-refractivity contribution in [2.45, 2.75) is 11.1 Å². The molecule has 0 aliphatic rings. The van der Waals surface area contributed by atoms with Gasteiger partial charge in [-0.25, -0.2) is 18.4 Å². The van der Waals surface area contributed by atoms with E-state index in [2.05, 4.69) is 20.4 Å².